The van der Waals surface area contributed by atoms with Gasteiger partial charge in [-0.15, -0.1) is 0 Å². The Hall–Kier alpha value is -1.02. The first-order chi connectivity index (χ1) is 9.56. The molecule has 1 aromatic carbocycles. The predicted octanol–water partition coefficient (Wildman–Crippen LogP) is 4.27. The van der Waals surface area contributed by atoms with Crippen LogP contribution < -0.4 is 0 Å². The Morgan fingerprint density at radius 2 is 2.05 bits per heavy atom. The topological polar surface area (TPSA) is 26.3 Å². The van der Waals surface area contributed by atoms with E-state index < -0.39 is 0 Å². The molecule has 0 saturated heterocycles. The molecule has 2 nitrogen and oxygen atoms in total. The quantitative estimate of drug-likeness (QED) is 0.758. The van der Waals surface area contributed by atoms with Gasteiger partial charge in [-0.25, -0.2) is 0 Å². The largest absolute Gasteiger partial charge is 0.465 e. The summed E-state index contributed by atoms with van der Waals surface area (Å²) in [4.78, 5) is 11.8. The van der Waals surface area contributed by atoms with Gasteiger partial charge in [0.25, 0.3) is 0 Å². The predicted molar refractivity (Wildman–Crippen MR) is 82.3 cm³/mol. The van der Waals surface area contributed by atoms with E-state index in [-0.39, 0.29) is 5.97 Å². The van der Waals surface area contributed by atoms with Crippen LogP contribution in [0.3, 0.4) is 0 Å². The minimum Gasteiger partial charge on any atom is -0.465 e. The Morgan fingerprint density at radius 3 is 2.70 bits per heavy atom. The summed E-state index contributed by atoms with van der Waals surface area (Å²) in [7, 11) is 0. The minimum atomic E-state index is -0.156. The molecule has 0 amide bonds. The third kappa shape index (κ3) is 3.17. The second kappa shape index (κ2) is 6.62. The lowest BCUT2D eigenvalue weighted by molar-refractivity contribution is -0.142. The van der Waals surface area contributed by atoms with Gasteiger partial charge in [0, 0.05) is 5.02 Å². The van der Waals surface area contributed by atoms with Crippen LogP contribution in [0.2, 0.25) is 5.02 Å². The highest BCUT2D eigenvalue weighted by Gasteiger charge is 2.26. The maximum Gasteiger partial charge on any atom is 0.310 e. The monoisotopic (exact) mass is 294 g/mol. The highest BCUT2D eigenvalue weighted by atomic mass is 35.5. The maximum absolute atomic E-state index is 11.8. The summed E-state index contributed by atoms with van der Waals surface area (Å²) >= 11 is 6.40. The summed E-state index contributed by atoms with van der Waals surface area (Å²) in [6.07, 6.45) is 4.53. The van der Waals surface area contributed by atoms with Gasteiger partial charge in [0.2, 0.25) is 0 Å². The highest BCUT2D eigenvalue weighted by molar-refractivity contribution is 6.31. The number of carbonyl (C=O) groups is 1. The summed E-state index contributed by atoms with van der Waals surface area (Å²) in [6.45, 7) is 6.82. The van der Waals surface area contributed by atoms with Crippen molar-refractivity contribution in [2.24, 2.45) is 5.92 Å². The van der Waals surface area contributed by atoms with E-state index in [1.807, 2.05) is 13.0 Å². The number of halogens is 1. The molecular formula is C17H23ClO2. The molecule has 0 fully saturated rings. The van der Waals surface area contributed by atoms with Crippen LogP contribution in [-0.4, -0.2) is 12.6 Å². The van der Waals surface area contributed by atoms with Gasteiger partial charge in [0.05, 0.1) is 13.0 Å². The van der Waals surface area contributed by atoms with E-state index in [2.05, 4.69) is 13.8 Å². The minimum absolute atomic E-state index is 0.156. The van der Waals surface area contributed by atoms with Gasteiger partial charge < -0.3 is 4.74 Å². The van der Waals surface area contributed by atoms with E-state index in [9.17, 15) is 4.79 Å². The number of hydrogen-bond acceptors (Lipinski definition) is 2. The zero-order valence-electron chi connectivity index (χ0n) is 12.6. The van der Waals surface area contributed by atoms with Crippen LogP contribution in [-0.2, 0) is 28.8 Å². The third-order valence-corrected chi connectivity index (χ3v) is 4.59. The second-order valence-electron chi connectivity index (χ2n) is 5.68. The van der Waals surface area contributed by atoms with E-state index in [0.717, 1.165) is 29.8 Å². The summed E-state index contributed by atoms with van der Waals surface area (Å²) in [6, 6.07) is 1.96. The first kappa shape index (κ1) is 15.4. The van der Waals surface area contributed by atoms with Crippen LogP contribution >= 0.6 is 11.6 Å². The van der Waals surface area contributed by atoms with E-state index in [4.69, 9.17) is 16.3 Å². The molecule has 0 bridgehead atoms. The van der Waals surface area contributed by atoms with Crippen LogP contribution in [0.4, 0.5) is 0 Å². The van der Waals surface area contributed by atoms with Gasteiger partial charge in [-0.1, -0.05) is 31.9 Å². The molecule has 1 aliphatic rings. The number of benzene rings is 1. The molecule has 0 aromatic heterocycles. The standard InChI is InChI=1S/C17H23ClO2/c1-4-6-20-17(19)10-13-9-16(18)15-8-12(5-2)7-14(15)11(13)3/h9,12H,4-8,10H2,1-3H3. The lowest BCUT2D eigenvalue weighted by Crippen LogP contribution is -2.10. The van der Waals surface area contributed by atoms with E-state index in [0.29, 0.717) is 18.9 Å². The third-order valence-electron chi connectivity index (χ3n) is 4.25. The second-order valence-corrected chi connectivity index (χ2v) is 6.09. The first-order valence-electron chi connectivity index (χ1n) is 7.52. The van der Waals surface area contributed by atoms with Crippen molar-refractivity contribution < 1.29 is 9.53 Å². The van der Waals surface area contributed by atoms with Crippen molar-refractivity contribution in [2.75, 3.05) is 6.61 Å². The summed E-state index contributed by atoms with van der Waals surface area (Å²) in [5.41, 5.74) is 4.91. The number of esters is 1. The van der Waals surface area contributed by atoms with Crippen molar-refractivity contribution in [3.63, 3.8) is 0 Å². The van der Waals surface area contributed by atoms with Gasteiger partial charge in [0.1, 0.15) is 0 Å². The maximum atomic E-state index is 11.8. The normalized spacial score (nSPS) is 17.1. The zero-order valence-corrected chi connectivity index (χ0v) is 13.3. The fourth-order valence-electron chi connectivity index (χ4n) is 2.95. The van der Waals surface area contributed by atoms with E-state index in [1.54, 1.807) is 0 Å². The van der Waals surface area contributed by atoms with Crippen molar-refractivity contribution in [1.82, 2.24) is 0 Å². The Kier molecular flexibility index (Phi) is 5.09. The molecule has 1 unspecified atom stereocenters. The van der Waals surface area contributed by atoms with Crippen molar-refractivity contribution in [3.05, 3.63) is 33.3 Å². The molecule has 0 saturated carbocycles. The van der Waals surface area contributed by atoms with Crippen LogP contribution in [0.15, 0.2) is 6.07 Å². The average molecular weight is 295 g/mol. The molecule has 0 radical (unpaired) electrons. The summed E-state index contributed by atoms with van der Waals surface area (Å²) in [5, 5.41) is 0.819. The Bertz CT molecular complexity index is 508. The molecular weight excluding hydrogens is 272 g/mol. The number of ether oxygens (including phenoxy) is 1. The van der Waals surface area contributed by atoms with Gasteiger partial charge in [-0.05, 0) is 60.4 Å². The molecule has 0 aliphatic heterocycles. The van der Waals surface area contributed by atoms with Crippen LogP contribution in [0.25, 0.3) is 0 Å². The van der Waals surface area contributed by atoms with Crippen molar-refractivity contribution in [2.45, 2.75) is 52.9 Å². The molecule has 2 rings (SSSR count). The molecule has 0 heterocycles. The van der Waals surface area contributed by atoms with E-state index in [1.165, 1.54) is 23.1 Å². The Balaban J connectivity index is 2.21. The Labute approximate surface area is 126 Å². The Morgan fingerprint density at radius 1 is 1.35 bits per heavy atom. The molecule has 1 aromatic rings. The van der Waals surface area contributed by atoms with Gasteiger partial charge in [-0.3, -0.25) is 4.79 Å². The number of rotatable bonds is 5. The first-order valence-corrected chi connectivity index (χ1v) is 7.89. The van der Waals surface area contributed by atoms with Crippen LogP contribution in [0.1, 0.15) is 48.9 Å². The fraction of sp³-hybridized carbons (Fsp3) is 0.588. The molecule has 110 valence electrons. The molecule has 20 heavy (non-hydrogen) atoms. The van der Waals surface area contributed by atoms with E-state index >= 15 is 0 Å². The fourth-order valence-corrected chi connectivity index (χ4v) is 3.28. The number of carbonyl (C=O) groups excluding carboxylic acids is 1. The lowest BCUT2D eigenvalue weighted by atomic mass is 9.96. The molecule has 0 N–H and O–H groups in total. The van der Waals surface area contributed by atoms with Gasteiger partial charge in [-0.2, -0.15) is 0 Å². The number of hydrogen-bond donors (Lipinski definition) is 0. The van der Waals surface area contributed by atoms with Crippen molar-refractivity contribution >= 4 is 17.6 Å². The van der Waals surface area contributed by atoms with Crippen LogP contribution in [0, 0.1) is 12.8 Å². The molecule has 3 heteroatoms. The summed E-state index contributed by atoms with van der Waals surface area (Å²) in [5.74, 6) is 0.541. The van der Waals surface area contributed by atoms with Gasteiger partial charge >= 0.3 is 5.97 Å². The van der Waals surface area contributed by atoms with Gasteiger partial charge in [0.15, 0.2) is 0 Å². The molecule has 1 aliphatic carbocycles. The van der Waals surface area contributed by atoms with Crippen LogP contribution in [0.5, 0.6) is 0 Å². The average Bonchev–Trinajstić information content (AvgIpc) is 2.87. The number of fused-ring (bicyclic) bond motifs is 1. The SMILES string of the molecule is CCCOC(=O)Cc1cc(Cl)c2c(c1C)CC(CC)C2. The zero-order chi connectivity index (χ0) is 14.7. The van der Waals surface area contributed by atoms with Crippen molar-refractivity contribution in [3.8, 4) is 0 Å². The van der Waals surface area contributed by atoms with Crippen molar-refractivity contribution in [1.29, 1.82) is 0 Å². The highest BCUT2D eigenvalue weighted by Crippen LogP contribution is 2.37. The smallest absolute Gasteiger partial charge is 0.310 e. The summed E-state index contributed by atoms with van der Waals surface area (Å²) < 4.78 is 5.17. The lowest BCUT2D eigenvalue weighted by Gasteiger charge is -2.12. The molecule has 1 atom stereocenters. The molecule has 0 spiro atoms.